The van der Waals surface area contributed by atoms with Crippen LogP contribution in [0.2, 0.25) is 0 Å². The molecule has 0 radical (unpaired) electrons. The molecule has 0 saturated heterocycles. The Hall–Kier alpha value is -1.56. The van der Waals surface area contributed by atoms with E-state index >= 15 is 0 Å². The van der Waals surface area contributed by atoms with E-state index in [1.54, 1.807) is 11.9 Å². The molecule has 0 bridgehead atoms. The van der Waals surface area contributed by atoms with Gasteiger partial charge in [0.2, 0.25) is 0 Å². The summed E-state index contributed by atoms with van der Waals surface area (Å²) in [5.74, 6) is 0. The van der Waals surface area contributed by atoms with E-state index in [0.29, 0.717) is 0 Å². The third-order valence-electron chi connectivity index (χ3n) is 3.87. The zero-order valence-corrected chi connectivity index (χ0v) is 14.2. The van der Waals surface area contributed by atoms with Crippen molar-refractivity contribution in [3.8, 4) is 0 Å². The molecule has 1 aromatic rings. The van der Waals surface area contributed by atoms with Crippen molar-refractivity contribution in [1.82, 2.24) is 14.7 Å². The molecule has 6 heteroatoms. The molecule has 2 amide bonds. The molecule has 1 aromatic heterocycles. The Labute approximate surface area is 127 Å². The zero-order chi connectivity index (χ0) is 16.4. The van der Waals surface area contributed by atoms with Gasteiger partial charge in [0.25, 0.3) is 0 Å². The third kappa shape index (κ3) is 3.75. The normalized spacial score (nSPS) is 13.1. The van der Waals surface area contributed by atoms with E-state index in [-0.39, 0.29) is 24.1 Å². The average molecular weight is 296 g/mol. The van der Waals surface area contributed by atoms with Crippen LogP contribution in [0.4, 0.5) is 10.5 Å². The number of likely N-dealkylation sites (N-methyl/N-ethyl adjacent to an activating group) is 1. The first kappa shape index (κ1) is 17.5. The van der Waals surface area contributed by atoms with E-state index in [1.165, 1.54) is 0 Å². The summed E-state index contributed by atoms with van der Waals surface area (Å²) in [4.78, 5) is 14.0. The number of hydrogen-bond donors (Lipinski definition) is 2. The van der Waals surface area contributed by atoms with Crippen LogP contribution in [0.3, 0.4) is 0 Å². The van der Waals surface area contributed by atoms with Crippen LogP contribution in [0.15, 0.2) is 0 Å². The van der Waals surface area contributed by atoms with Crippen molar-refractivity contribution in [2.24, 2.45) is 5.41 Å². The number of carbonyl (C=O) groups is 1. The minimum atomic E-state index is -0.251. The van der Waals surface area contributed by atoms with Crippen molar-refractivity contribution < 1.29 is 9.90 Å². The van der Waals surface area contributed by atoms with Crippen LogP contribution in [0.25, 0.3) is 0 Å². The molecule has 21 heavy (non-hydrogen) atoms. The number of aliphatic hydroxyl groups is 1. The second-order valence-electron chi connectivity index (χ2n) is 6.47. The predicted molar refractivity (Wildman–Crippen MR) is 84.5 cm³/mol. The molecule has 0 saturated carbocycles. The van der Waals surface area contributed by atoms with E-state index in [2.05, 4.69) is 10.4 Å². The van der Waals surface area contributed by atoms with Gasteiger partial charge in [0, 0.05) is 13.6 Å². The second kappa shape index (κ2) is 6.47. The topological polar surface area (TPSA) is 70.4 Å². The lowest BCUT2D eigenvalue weighted by molar-refractivity contribution is 0.0885. The SMILES string of the molecule is CCn1nc(C)c(NC(=O)N(C)C(CO)C(C)(C)C)c1C. The van der Waals surface area contributed by atoms with Gasteiger partial charge in [-0.05, 0) is 26.2 Å². The Morgan fingerprint density at radius 1 is 1.43 bits per heavy atom. The number of nitrogens with one attached hydrogen (secondary N) is 1. The number of aromatic nitrogens is 2. The Balaban J connectivity index is 2.93. The maximum Gasteiger partial charge on any atom is 0.322 e. The van der Waals surface area contributed by atoms with Gasteiger partial charge in [-0.15, -0.1) is 0 Å². The zero-order valence-electron chi connectivity index (χ0n) is 14.2. The third-order valence-corrected chi connectivity index (χ3v) is 3.87. The Kier molecular flexibility index (Phi) is 5.39. The molecular formula is C15H28N4O2. The van der Waals surface area contributed by atoms with Gasteiger partial charge in [-0.3, -0.25) is 4.68 Å². The molecule has 1 unspecified atom stereocenters. The van der Waals surface area contributed by atoms with E-state index in [9.17, 15) is 9.90 Å². The van der Waals surface area contributed by atoms with Crippen LogP contribution in [-0.4, -0.2) is 45.5 Å². The highest BCUT2D eigenvalue weighted by atomic mass is 16.3. The fourth-order valence-corrected chi connectivity index (χ4v) is 2.50. The van der Waals surface area contributed by atoms with Crippen molar-refractivity contribution in [1.29, 1.82) is 0 Å². The van der Waals surface area contributed by atoms with Gasteiger partial charge in [-0.25, -0.2) is 4.79 Å². The molecule has 0 aliphatic rings. The number of aliphatic hydroxyl groups excluding tert-OH is 1. The van der Waals surface area contributed by atoms with Crippen molar-refractivity contribution >= 4 is 11.7 Å². The van der Waals surface area contributed by atoms with Gasteiger partial charge >= 0.3 is 6.03 Å². The molecule has 120 valence electrons. The lowest BCUT2D eigenvalue weighted by Gasteiger charge is -2.36. The largest absolute Gasteiger partial charge is 0.394 e. The Morgan fingerprint density at radius 3 is 2.38 bits per heavy atom. The summed E-state index contributed by atoms with van der Waals surface area (Å²) in [6, 6.07) is -0.481. The molecule has 6 nitrogen and oxygen atoms in total. The smallest absolute Gasteiger partial charge is 0.322 e. The number of rotatable bonds is 4. The monoisotopic (exact) mass is 296 g/mol. The molecular weight excluding hydrogens is 268 g/mol. The van der Waals surface area contributed by atoms with Crippen LogP contribution in [0, 0.1) is 19.3 Å². The highest BCUT2D eigenvalue weighted by Gasteiger charge is 2.31. The summed E-state index contributed by atoms with van der Waals surface area (Å²) in [6.45, 7) is 12.5. The van der Waals surface area contributed by atoms with Gasteiger partial charge in [-0.1, -0.05) is 20.8 Å². The highest BCUT2D eigenvalue weighted by Crippen LogP contribution is 2.25. The summed E-state index contributed by atoms with van der Waals surface area (Å²) in [5.41, 5.74) is 2.29. The first-order valence-corrected chi connectivity index (χ1v) is 7.32. The lowest BCUT2D eigenvalue weighted by Crippen LogP contribution is -2.49. The van der Waals surface area contributed by atoms with Gasteiger partial charge in [0.1, 0.15) is 0 Å². The number of hydrogen-bond acceptors (Lipinski definition) is 3. The molecule has 2 N–H and O–H groups in total. The quantitative estimate of drug-likeness (QED) is 0.896. The molecule has 0 aliphatic carbocycles. The standard InChI is InChI=1S/C15H28N4O2/c1-8-19-11(3)13(10(2)17-19)16-14(21)18(7)12(9-20)15(4,5)6/h12,20H,8-9H2,1-7H3,(H,16,21). The van der Waals surface area contributed by atoms with E-state index in [4.69, 9.17) is 0 Å². The Morgan fingerprint density at radius 2 is 2.00 bits per heavy atom. The van der Waals surface area contributed by atoms with Crippen LogP contribution in [0.1, 0.15) is 39.1 Å². The van der Waals surface area contributed by atoms with Crippen molar-refractivity contribution in [3.63, 3.8) is 0 Å². The minimum Gasteiger partial charge on any atom is -0.394 e. The molecule has 1 rings (SSSR count). The van der Waals surface area contributed by atoms with Crippen LogP contribution in [0.5, 0.6) is 0 Å². The molecule has 0 aliphatic heterocycles. The fraction of sp³-hybridized carbons (Fsp3) is 0.733. The number of nitrogens with zero attached hydrogens (tertiary/aromatic N) is 3. The van der Waals surface area contributed by atoms with Crippen LogP contribution >= 0.6 is 0 Å². The van der Waals surface area contributed by atoms with Crippen molar-refractivity contribution in [2.45, 2.75) is 54.1 Å². The summed E-state index contributed by atoms with van der Waals surface area (Å²) in [7, 11) is 1.70. The fourth-order valence-electron chi connectivity index (χ4n) is 2.50. The van der Waals surface area contributed by atoms with E-state index in [0.717, 1.165) is 23.6 Å². The molecule has 0 spiro atoms. The Bertz CT molecular complexity index is 503. The molecule has 0 fully saturated rings. The minimum absolute atomic E-state index is 0.0698. The summed E-state index contributed by atoms with van der Waals surface area (Å²) < 4.78 is 1.86. The summed E-state index contributed by atoms with van der Waals surface area (Å²) in [5, 5.41) is 16.9. The summed E-state index contributed by atoms with van der Waals surface area (Å²) in [6.07, 6.45) is 0. The first-order valence-electron chi connectivity index (χ1n) is 7.32. The maximum atomic E-state index is 12.4. The van der Waals surface area contributed by atoms with Gasteiger partial charge in [0.05, 0.1) is 29.7 Å². The average Bonchev–Trinajstić information content (AvgIpc) is 2.65. The van der Waals surface area contributed by atoms with Crippen molar-refractivity contribution in [2.75, 3.05) is 19.0 Å². The number of urea groups is 1. The van der Waals surface area contributed by atoms with Crippen LogP contribution in [-0.2, 0) is 6.54 Å². The first-order chi connectivity index (χ1) is 9.63. The van der Waals surface area contributed by atoms with Crippen LogP contribution < -0.4 is 5.32 Å². The van der Waals surface area contributed by atoms with E-state index in [1.807, 2.05) is 46.2 Å². The second-order valence-corrected chi connectivity index (χ2v) is 6.47. The predicted octanol–water partition coefficient (Wildman–Crippen LogP) is 2.39. The summed E-state index contributed by atoms with van der Waals surface area (Å²) >= 11 is 0. The highest BCUT2D eigenvalue weighted by molar-refractivity contribution is 5.90. The lowest BCUT2D eigenvalue weighted by atomic mass is 9.86. The van der Waals surface area contributed by atoms with Gasteiger partial charge in [0.15, 0.2) is 0 Å². The number of aryl methyl sites for hydroxylation is 2. The molecule has 0 aromatic carbocycles. The van der Waals surface area contributed by atoms with Gasteiger partial charge < -0.3 is 15.3 Å². The van der Waals surface area contributed by atoms with Gasteiger partial charge in [-0.2, -0.15) is 5.10 Å². The molecule has 1 atom stereocenters. The number of anilines is 1. The molecule has 1 heterocycles. The number of carbonyl (C=O) groups excluding carboxylic acids is 1. The van der Waals surface area contributed by atoms with Crippen molar-refractivity contribution in [3.05, 3.63) is 11.4 Å². The maximum absolute atomic E-state index is 12.4. The van der Waals surface area contributed by atoms with E-state index < -0.39 is 0 Å². The number of amides is 2.